The van der Waals surface area contributed by atoms with E-state index in [0.29, 0.717) is 13.1 Å². The van der Waals surface area contributed by atoms with Gasteiger partial charge in [0.05, 0.1) is 6.10 Å². The molecule has 0 amide bonds. The first-order valence-corrected chi connectivity index (χ1v) is 7.40. The first kappa shape index (κ1) is 16.9. The molecule has 0 fully saturated rings. The van der Waals surface area contributed by atoms with E-state index in [2.05, 4.69) is 12.2 Å². The smallest absolute Gasteiger partial charge is 0.0664 e. The lowest BCUT2D eigenvalue weighted by Crippen LogP contribution is -2.30. The van der Waals surface area contributed by atoms with Crippen molar-refractivity contribution in [2.24, 2.45) is 5.73 Å². The van der Waals surface area contributed by atoms with Crippen LogP contribution in [-0.2, 0) is 0 Å². The largest absolute Gasteiger partial charge is 0.392 e. The third-order valence-corrected chi connectivity index (χ3v) is 3.09. The molecule has 3 heteroatoms. The van der Waals surface area contributed by atoms with E-state index in [1.807, 2.05) is 0 Å². The van der Waals surface area contributed by atoms with Crippen LogP contribution >= 0.6 is 0 Å². The second-order valence-corrected chi connectivity index (χ2v) is 4.91. The molecular weight excluding hydrogens is 212 g/mol. The zero-order chi connectivity index (χ0) is 12.8. The van der Waals surface area contributed by atoms with Crippen LogP contribution in [0.3, 0.4) is 0 Å². The number of aliphatic hydroxyl groups is 1. The van der Waals surface area contributed by atoms with Crippen LogP contribution in [0.15, 0.2) is 0 Å². The molecule has 3 nitrogen and oxygen atoms in total. The van der Waals surface area contributed by atoms with Crippen LogP contribution < -0.4 is 11.1 Å². The van der Waals surface area contributed by atoms with E-state index in [0.717, 1.165) is 19.4 Å². The van der Waals surface area contributed by atoms with Gasteiger partial charge in [-0.3, -0.25) is 0 Å². The number of hydrogen-bond acceptors (Lipinski definition) is 3. The van der Waals surface area contributed by atoms with Crippen molar-refractivity contribution in [3.05, 3.63) is 0 Å². The predicted molar refractivity (Wildman–Crippen MR) is 75.2 cm³/mol. The van der Waals surface area contributed by atoms with E-state index in [1.165, 1.54) is 44.9 Å². The Morgan fingerprint density at radius 2 is 1.59 bits per heavy atom. The first-order chi connectivity index (χ1) is 8.31. The summed E-state index contributed by atoms with van der Waals surface area (Å²) in [5.41, 5.74) is 5.36. The lowest BCUT2D eigenvalue weighted by Gasteiger charge is -2.10. The normalized spacial score (nSPS) is 12.9. The third kappa shape index (κ3) is 13.8. The monoisotopic (exact) mass is 244 g/mol. The summed E-state index contributed by atoms with van der Waals surface area (Å²) in [6.07, 6.45) is 11.3. The van der Waals surface area contributed by atoms with Crippen molar-refractivity contribution in [2.75, 3.05) is 19.6 Å². The van der Waals surface area contributed by atoms with E-state index in [4.69, 9.17) is 5.73 Å². The van der Waals surface area contributed by atoms with Crippen LogP contribution in [0.4, 0.5) is 0 Å². The van der Waals surface area contributed by atoms with Crippen LogP contribution in [0.25, 0.3) is 0 Å². The number of hydrogen-bond donors (Lipinski definition) is 3. The van der Waals surface area contributed by atoms with E-state index >= 15 is 0 Å². The van der Waals surface area contributed by atoms with Gasteiger partial charge in [0.25, 0.3) is 0 Å². The average molecular weight is 244 g/mol. The van der Waals surface area contributed by atoms with Gasteiger partial charge in [0.1, 0.15) is 0 Å². The number of aliphatic hydroxyl groups excluding tert-OH is 1. The van der Waals surface area contributed by atoms with Crippen LogP contribution in [0.1, 0.15) is 64.7 Å². The van der Waals surface area contributed by atoms with Crippen molar-refractivity contribution >= 4 is 0 Å². The molecule has 0 aromatic rings. The molecule has 0 saturated heterocycles. The molecule has 4 N–H and O–H groups in total. The molecule has 0 aliphatic heterocycles. The summed E-state index contributed by atoms with van der Waals surface area (Å²) < 4.78 is 0. The Labute approximate surface area is 107 Å². The summed E-state index contributed by atoms with van der Waals surface area (Å²) in [6, 6.07) is 0. The topological polar surface area (TPSA) is 58.3 Å². The van der Waals surface area contributed by atoms with Gasteiger partial charge in [0, 0.05) is 19.6 Å². The molecule has 1 atom stereocenters. The van der Waals surface area contributed by atoms with Crippen LogP contribution in [0.5, 0.6) is 0 Å². The molecule has 17 heavy (non-hydrogen) atoms. The van der Waals surface area contributed by atoms with E-state index in [-0.39, 0.29) is 6.10 Å². The van der Waals surface area contributed by atoms with Gasteiger partial charge in [-0.15, -0.1) is 0 Å². The predicted octanol–water partition coefficient (Wildman–Crippen LogP) is 2.43. The average Bonchev–Trinajstić information content (AvgIpc) is 2.33. The van der Waals surface area contributed by atoms with Crippen molar-refractivity contribution in [1.82, 2.24) is 5.32 Å². The molecule has 0 heterocycles. The van der Waals surface area contributed by atoms with Crippen LogP contribution in [0, 0.1) is 0 Å². The fourth-order valence-electron chi connectivity index (χ4n) is 1.99. The van der Waals surface area contributed by atoms with Crippen LogP contribution in [-0.4, -0.2) is 30.8 Å². The molecule has 0 spiro atoms. The van der Waals surface area contributed by atoms with Gasteiger partial charge < -0.3 is 16.2 Å². The molecule has 0 radical (unpaired) electrons. The summed E-state index contributed by atoms with van der Waals surface area (Å²) in [7, 11) is 0. The zero-order valence-electron chi connectivity index (χ0n) is 11.6. The van der Waals surface area contributed by atoms with Gasteiger partial charge >= 0.3 is 0 Å². The van der Waals surface area contributed by atoms with Crippen molar-refractivity contribution < 1.29 is 5.11 Å². The number of nitrogens with one attached hydrogen (secondary N) is 1. The Balaban J connectivity index is 3.05. The summed E-state index contributed by atoms with van der Waals surface area (Å²) in [5, 5.41) is 12.8. The maximum Gasteiger partial charge on any atom is 0.0664 e. The summed E-state index contributed by atoms with van der Waals surface area (Å²) in [6.45, 7) is 4.38. The Kier molecular flexibility index (Phi) is 13.8. The maximum absolute atomic E-state index is 9.65. The minimum atomic E-state index is -0.193. The lowest BCUT2D eigenvalue weighted by molar-refractivity contribution is 0.158. The molecular formula is C14H32N2O. The minimum Gasteiger partial charge on any atom is -0.392 e. The van der Waals surface area contributed by atoms with Gasteiger partial charge in [-0.1, -0.05) is 58.3 Å². The molecule has 0 bridgehead atoms. The highest BCUT2D eigenvalue weighted by molar-refractivity contribution is 4.60. The van der Waals surface area contributed by atoms with E-state index in [9.17, 15) is 5.11 Å². The highest BCUT2D eigenvalue weighted by Gasteiger charge is 2.02. The van der Waals surface area contributed by atoms with Gasteiger partial charge in [-0.25, -0.2) is 0 Å². The molecule has 1 unspecified atom stereocenters. The molecule has 0 aliphatic carbocycles. The summed E-state index contributed by atoms with van der Waals surface area (Å²) in [5.74, 6) is 0. The highest BCUT2D eigenvalue weighted by Crippen LogP contribution is 2.10. The van der Waals surface area contributed by atoms with Crippen molar-refractivity contribution in [1.29, 1.82) is 0 Å². The highest BCUT2D eigenvalue weighted by atomic mass is 16.3. The first-order valence-electron chi connectivity index (χ1n) is 7.40. The van der Waals surface area contributed by atoms with Gasteiger partial charge in [-0.05, 0) is 6.42 Å². The molecule has 0 saturated carbocycles. The van der Waals surface area contributed by atoms with Crippen molar-refractivity contribution in [2.45, 2.75) is 70.8 Å². The fraction of sp³-hybridized carbons (Fsp3) is 1.00. The third-order valence-electron chi connectivity index (χ3n) is 3.09. The van der Waals surface area contributed by atoms with Gasteiger partial charge in [0.2, 0.25) is 0 Å². The molecule has 0 aromatic carbocycles. The minimum absolute atomic E-state index is 0.193. The maximum atomic E-state index is 9.65. The van der Waals surface area contributed by atoms with E-state index in [1.54, 1.807) is 0 Å². The fourth-order valence-corrected chi connectivity index (χ4v) is 1.99. The number of nitrogens with two attached hydrogens (primary N) is 1. The Hall–Kier alpha value is -0.120. The lowest BCUT2D eigenvalue weighted by atomic mass is 10.1. The summed E-state index contributed by atoms with van der Waals surface area (Å²) >= 11 is 0. The second-order valence-electron chi connectivity index (χ2n) is 4.91. The standard InChI is InChI=1S/C14H32N2O/c1-2-3-4-5-6-7-8-9-10-14(17)13-16-12-11-15/h14,16-17H,2-13,15H2,1H3. The Bertz CT molecular complexity index is 142. The van der Waals surface area contributed by atoms with Gasteiger partial charge in [0.15, 0.2) is 0 Å². The van der Waals surface area contributed by atoms with Crippen molar-refractivity contribution in [3.63, 3.8) is 0 Å². The zero-order valence-corrected chi connectivity index (χ0v) is 11.6. The van der Waals surface area contributed by atoms with E-state index < -0.39 is 0 Å². The summed E-state index contributed by atoms with van der Waals surface area (Å²) in [4.78, 5) is 0. The Morgan fingerprint density at radius 1 is 1.00 bits per heavy atom. The molecule has 0 rings (SSSR count). The SMILES string of the molecule is CCCCCCCCCCC(O)CNCCN. The number of rotatable bonds is 13. The number of unbranched alkanes of at least 4 members (excludes halogenated alkanes) is 7. The second kappa shape index (κ2) is 13.9. The quantitative estimate of drug-likeness (QED) is 0.436. The van der Waals surface area contributed by atoms with Gasteiger partial charge in [-0.2, -0.15) is 0 Å². The Morgan fingerprint density at radius 3 is 2.18 bits per heavy atom. The molecule has 104 valence electrons. The molecule has 0 aromatic heterocycles. The van der Waals surface area contributed by atoms with Crippen molar-refractivity contribution in [3.8, 4) is 0 Å². The van der Waals surface area contributed by atoms with Crippen LogP contribution in [0.2, 0.25) is 0 Å². The molecule has 0 aliphatic rings.